The lowest BCUT2D eigenvalue weighted by Crippen LogP contribution is -2.34. The Morgan fingerprint density at radius 1 is 1.41 bits per heavy atom. The van der Waals surface area contributed by atoms with E-state index in [1.165, 1.54) is 0 Å². The van der Waals surface area contributed by atoms with Gasteiger partial charge in [-0.2, -0.15) is 9.61 Å². The lowest BCUT2D eigenvalue weighted by atomic mass is 10.0. The summed E-state index contributed by atoms with van der Waals surface area (Å²) >= 11 is 0. The van der Waals surface area contributed by atoms with Crippen molar-refractivity contribution in [1.82, 2.24) is 14.6 Å². The molecule has 3 rings (SSSR count). The molecule has 1 saturated carbocycles. The molecule has 6 nitrogen and oxygen atoms in total. The van der Waals surface area contributed by atoms with Gasteiger partial charge in [-0.05, 0) is 25.7 Å². The van der Waals surface area contributed by atoms with Crippen LogP contribution >= 0.6 is 0 Å². The summed E-state index contributed by atoms with van der Waals surface area (Å²) in [6.45, 7) is 6.19. The molecule has 1 amide bonds. The predicted molar refractivity (Wildman–Crippen MR) is 85.8 cm³/mol. The molecule has 2 aromatic heterocycles. The van der Waals surface area contributed by atoms with E-state index < -0.39 is 0 Å². The maximum absolute atomic E-state index is 11.6. The zero-order valence-corrected chi connectivity index (χ0v) is 13.3. The Morgan fingerprint density at radius 3 is 2.86 bits per heavy atom. The van der Waals surface area contributed by atoms with Crippen molar-refractivity contribution >= 4 is 17.4 Å². The number of hydrogen-bond donors (Lipinski definition) is 2. The molecule has 0 radical (unpaired) electrons. The normalized spacial score (nSPS) is 21.6. The number of amides is 1. The first-order valence-corrected chi connectivity index (χ1v) is 7.89. The number of primary amides is 1. The van der Waals surface area contributed by atoms with E-state index in [-0.39, 0.29) is 17.9 Å². The van der Waals surface area contributed by atoms with Crippen LogP contribution in [0, 0.1) is 12.8 Å². The highest BCUT2D eigenvalue weighted by Gasteiger charge is 2.32. The summed E-state index contributed by atoms with van der Waals surface area (Å²) in [5.74, 6) is 0.889. The number of aryl methyl sites for hydroxylation is 1. The lowest BCUT2D eigenvalue weighted by molar-refractivity contribution is -0.121. The molecule has 22 heavy (non-hydrogen) atoms. The third-order valence-corrected chi connectivity index (χ3v) is 4.38. The molecule has 2 aromatic rings. The van der Waals surface area contributed by atoms with Gasteiger partial charge >= 0.3 is 0 Å². The highest BCUT2D eigenvalue weighted by molar-refractivity contribution is 5.78. The molecular weight excluding hydrogens is 278 g/mol. The van der Waals surface area contributed by atoms with Crippen LogP contribution in [0.1, 0.15) is 50.4 Å². The minimum atomic E-state index is -0.221. The van der Waals surface area contributed by atoms with Crippen LogP contribution in [0.3, 0.4) is 0 Å². The SMILES string of the molecule is Cc1cc2nc(C(C)C)cc(N[C@H]3CCC[C@H]3C(N)=O)n2n1. The Morgan fingerprint density at radius 2 is 2.18 bits per heavy atom. The summed E-state index contributed by atoms with van der Waals surface area (Å²) in [5, 5.41) is 7.98. The van der Waals surface area contributed by atoms with Crippen LogP contribution in [0.4, 0.5) is 5.82 Å². The highest BCUT2D eigenvalue weighted by atomic mass is 16.1. The molecule has 1 aliphatic rings. The first kappa shape index (κ1) is 14.8. The number of nitrogens with two attached hydrogens (primary N) is 1. The summed E-state index contributed by atoms with van der Waals surface area (Å²) in [6.07, 6.45) is 2.83. The zero-order chi connectivity index (χ0) is 15.9. The summed E-state index contributed by atoms with van der Waals surface area (Å²) in [4.78, 5) is 16.2. The average Bonchev–Trinajstić information content (AvgIpc) is 3.03. The number of aromatic nitrogens is 3. The lowest BCUT2D eigenvalue weighted by Gasteiger charge is -2.20. The molecule has 0 bridgehead atoms. The molecule has 3 N–H and O–H groups in total. The number of anilines is 1. The van der Waals surface area contributed by atoms with Gasteiger partial charge in [0.05, 0.1) is 11.6 Å². The molecule has 2 atom stereocenters. The van der Waals surface area contributed by atoms with Gasteiger partial charge in [0, 0.05) is 23.9 Å². The van der Waals surface area contributed by atoms with Crippen molar-refractivity contribution in [2.45, 2.75) is 52.0 Å². The number of carbonyl (C=O) groups excluding carboxylic acids is 1. The van der Waals surface area contributed by atoms with Gasteiger partial charge in [-0.15, -0.1) is 0 Å². The number of nitrogens with one attached hydrogen (secondary N) is 1. The van der Waals surface area contributed by atoms with Gasteiger partial charge in [0.1, 0.15) is 5.82 Å². The van der Waals surface area contributed by atoms with E-state index in [4.69, 9.17) is 5.73 Å². The van der Waals surface area contributed by atoms with Crippen molar-refractivity contribution in [2.24, 2.45) is 11.7 Å². The molecule has 0 unspecified atom stereocenters. The summed E-state index contributed by atoms with van der Waals surface area (Å²) < 4.78 is 1.82. The molecule has 2 heterocycles. The van der Waals surface area contributed by atoms with Gasteiger partial charge in [-0.1, -0.05) is 20.3 Å². The summed E-state index contributed by atoms with van der Waals surface area (Å²) in [6, 6.07) is 4.07. The molecule has 6 heteroatoms. The number of nitrogens with zero attached hydrogens (tertiary/aromatic N) is 3. The second-order valence-electron chi connectivity index (χ2n) is 6.47. The van der Waals surface area contributed by atoms with Crippen molar-refractivity contribution < 1.29 is 4.79 Å². The third-order valence-electron chi connectivity index (χ3n) is 4.38. The second-order valence-corrected chi connectivity index (χ2v) is 6.47. The Hall–Kier alpha value is -2.11. The van der Waals surface area contributed by atoms with E-state index in [1.807, 2.05) is 23.6 Å². The van der Waals surface area contributed by atoms with E-state index in [0.717, 1.165) is 42.1 Å². The van der Waals surface area contributed by atoms with Crippen molar-refractivity contribution in [2.75, 3.05) is 5.32 Å². The smallest absolute Gasteiger partial charge is 0.222 e. The molecule has 0 saturated heterocycles. The van der Waals surface area contributed by atoms with Crippen LogP contribution in [-0.4, -0.2) is 26.5 Å². The van der Waals surface area contributed by atoms with E-state index >= 15 is 0 Å². The summed E-state index contributed by atoms with van der Waals surface area (Å²) in [7, 11) is 0. The number of hydrogen-bond acceptors (Lipinski definition) is 4. The third kappa shape index (κ3) is 2.65. The van der Waals surface area contributed by atoms with Crippen molar-refractivity contribution in [3.8, 4) is 0 Å². The Bertz CT molecular complexity index is 706. The standard InChI is InChI=1S/C16H23N5O/c1-9(2)13-8-15(21-14(19-13)7-10(3)20-21)18-12-6-4-5-11(12)16(17)22/h7-9,11-12,18H,4-6H2,1-3H3,(H2,17,22)/t11-,12+/m1/s1. The Labute approximate surface area is 130 Å². The quantitative estimate of drug-likeness (QED) is 0.906. The minimum Gasteiger partial charge on any atom is -0.369 e. The number of fused-ring (bicyclic) bond motifs is 1. The maximum atomic E-state index is 11.6. The van der Waals surface area contributed by atoms with Gasteiger partial charge in [0.15, 0.2) is 5.65 Å². The van der Waals surface area contributed by atoms with Crippen LogP contribution in [0.5, 0.6) is 0 Å². The molecular formula is C16H23N5O. The monoisotopic (exact) mass is 301 g/mol. The Balaban J connectivity index is 1.99. The molecule has 0 aliphatic heterocycles. The first-order chi connectivity index (χ1) is 10.5. The largest absolute Gasteiger partial charge is 0.369 e. The van der Waals surface area contributed by atoms with Crippen molar-refractivity contribution in [1.29, 1.82) is 0 Å². The fourth-order valence-electron chi connectivity index (χ4n) is 3.17. The predicted octanol–water partition coefficient (Wildman–Crippen LogP) is 2.23. The topological polar surface area (TPSA) is 85.3 Å². The second kappa shape index (κ2) is 5.59. The van der Waals surface area contributed by atoms with Gasteiger partial charge in [0.2, 0.25) is 5.91 Å². The van der Waals surface area contributed by atoms with E-state index in [2.05, 4.69) is 29.2 Å². The van der Waals surface area contributed by atoms with Gasteiger partial charge in [-0.3, -0.25) is 4.79 Å². The molecule has 1 fully saturated rings. The van der Waals surface area contributed by atoms with Crippen LogP contribution < -0.4 is 11.1 Å². The minimum absolute atomic E-state index is 0.0765. The number of carbonyl (C=O) groups is 1. The Kier molecular flexibility index (Phi) is 3.76. The number of rotatable bonds is 4. The molecule has 118 valence electrons. The fraction of sp³-hybridized carbons (Fsp3) is 0.562. The highest BCUT2D eigenvalue weighted by Crippen LogP contribution is 2.29. The maximum Gasteiger partial charge on any atom is 0.222 e. The van der Waals surface area contributed by atoms with Crippen LogP contribution in [-0.2, 0) is 4.79 Å². The summed E-state index contributed by atoms with van der Waals surface area (Å²) in [5.41, 5.74) is 8.30. The van der Waals surface area contributed by atoms with E-state index in [9.17, 15) is 4.79 Å². The van der Waals surface area contributed by atoms with Crippen molar-refractivity contribution in [3.05, 3.63) is 23.5 Å². The van der Waals surface area contributed by atoms with Crippen LogP contribution in [0.25, 0.3) is 5.65 Å². The van der Waals surface area contributed by atoms with Gasteiger partial charge in [-0.25, -0.2) is 4.98 Å². The van der Waals surface area contributed by atoms with Gasteiger partial charge < -0.3 is 11.1 Å². The van der Waals surface area contributed by atoms with E-state index in [1.54, 1.807) is 0 Å². The van der Waals surface area contributed by atoms with Crippen LogP contribution in [0.2, 0.25) is 0 Å². The first-order valence-electron chi connectivity index (χ1n) is 7.89. The van der Waals surface area contributed by atoms with Crippen LogP contribution in [0.15, 0.2) is 12.1 Å². The molecule has 0 spiro atoms. The fourth-order valence-corrected chi connectivity index (χ4v) is 3.17. The molecule has 1 aliphatic carbocycles. The zero-order valence-electron chi connectivity index (χ0n) is 13.3. The van der Waals surface area contributed by atoms with Gasteiger partial charge in [0.25, 0.3) is 0 Å². The van der Waals surface area contributed by atoms with Crippen molar-refractivity contribution in [3.63, 3.8) is 0 Å². The molecule has 0 aromatic carbocycles. The van der Waals surface area contributed by atoms with E-state index in [0.29, 0.717) is 5.92 Å². The average molecular weight is 301 g/mol.